The molecule has 11 heteroatoms. The fraction of sp³-hybridized carbons (Fsp3) is 0.263. The van der Waals surface area contributed by atoms with Crippen LogP contribution in [0.4, 0.5) is 0 Å². The molecule has 30 heavy (non-hydrogen) atoms. The van der Waals surface area contributed by atoms with E-state index in [-0.39, 0.29) is 106 Å². The minimum absolute atomic E-state index is 0. The first-order chi connectivity index (χ1) is 9.40. The molecule has 0 saturated carbocycles. The second kappa shape index (κ2) is 47.6. The first-order valence-electron chi connectivity index (χ1n) is 6.00. The maximum absolute atomic E-state index is 3.63. The minimum atomic E-state index is 0. The lowest BCUT2D eigenvalue weighted by Gasteiger charge is -1.91. The third-order valence-corrected chi connectivity index (χ3v) is 2.65. The topological polar surface area (TPSA) is 228 Å². The molecule has 1 atom stereocenters. The van der Waals surface area contributed by atoms with Crippen LogP contribution in [0, 0.1) is 0 Å². The molecule has 1 heterocycles. The molecule has 1 fully saturated rings. The summed E-state index contributed by atoms with van der Waals surface area (Å²) in [5.41, 5.74) is 2.59. The Morgan fingerprint density at radius 1 is 0.733 bits per heavy atom. The number of benzene rings is 2. The van der Waals surface area contributed by atoms with Crippen LogP contribution in [0.2, 0.25) is 0 Å². The smallest absolute Gasteiger partial charge is 0.0447 e. The van der Waals surface area contributed by atoms with Crippen LogP contribution in [0.15, 0.2) is 67.2 Å². The highest BCUT2D eigenvalue weighted by Crippen LogP contribution is 2.19. The zero-order chi connectivity index (χ0) is 13.9. The highest BCUT2D eigenvalue weighted by atomic mass is 128. The molecule has 1 aliphatic heterocycles. The zero-order valence-corrected chi connectivity index (χ0v) is 24.4. The lowest BCUT2D eigenvalue weighted by molar-refractivity contribution is 0.824. The Balaban J connectivity index is -0.0000000185. The summed E-state index contributed by atoms with van der Waals surface area (Å²) in [5, 5.41) is 3.25. The normalized spacial score (nSPS) is 9.60. The Bertz CT molecular complexity index is 481. The molecule has 18 N–H and O–H groups in total. The molecule has 0 bridgehead atoms. The predicted octanol–water partition coefficient (Wildman–Crippen LogP) is 8.56. The summed E-state index contributed by atoms with van der Waals surface area (Å²) < 4.78 is 0. The van der Waals surface area contributed by atoms with Gasteiger partial charge < -0.3 is 41.5 Å². The Labute approximate surface area is 243 Å². The molecule has 2 aromatic rings. The van der Waals surface area contributed by atoms with Gasteiger partial charge >= 0.3 is 0 Å². The van der Waals surface area contributed by atoms with Crippen LogP contribution in [0.3, 0.4) is 0 Å². The second-order valence-corrected chi connectivity index (χ2v) is 3.99. The van der Waals surface area contributed by atoms with Gasteiger partial charge in [-0.15, -0.1) is 48.0 Å². The SMILES string of the molecule is C.C.C.C=Cc1ccccc1.I.I.II.N.N.N.N.N.O.c1ccc(C2CN2)cc1. The van der Waals surface area contributed by atoms with E-state index in [0.29, 0.717) is 6.04 Å². The Hall–Kier alpha value is 0.820. The molecule has 0 radical (unpaired) electrons. The van der Waals surface area contributed by atoms with E-state index in [2.05, 4.69) is 73.4 Å². The third kappa shape index (κ3) is 33.5. The van der Waals surface area contributed by atoms with Gasteiger partial charge in [0, 0.05) is 49.8 Å². The Morgan fingerprint density at radius 2 is 1.03 bits per heavy atom. The maximum atomic E-state index is 3.63. The number of rotatable bonds is 2. The van der Waals surface area contributed by atoms with Gasteiger partial charge in [-0.2, -0.15) is 0 Å². The van der Waals surface area contributed by atoms with Crippen LogP contribution >= 0.6 is 85.2 Å². The van der Waals surface area contributed by atoms with Crippen molar-refractivity contribution in [2.75, 3.05) is 6.54 Å². The van der Waals surface area contributed by atoms with Crippen molar-refractivity contribution in [3.05, 3.63) is 78.4 Å². The van der Waals surface area contributed by atoms with Crippen LogP contribution in [-0.2, 0) is 0 Å². The van der Waals surface area contributed by atoms with Crippen LogP contribution in [0.5, 0.6) is 0 Å². The van der Waals surface area contributed by atoms with Crippen molar-refractivity contribution >= 4 is 91.3 Å². The molecule has 1 saturated heterocycles. The summed E-state index contributed by atoms with van der Waals surface area (Å²) >= 11 is 4.24. The number of hydrogen-bond acceptors (Lipinski definition) is 6. The number of halogens is 4. The van der Waals surface area contributed by atoms with Crippen molar-refractivity contribution in [3.63, 3.8) is 0 Å². The molecule has 188 valence electrons. The largest absolute Gasteiger partial charge is 0.412 e. The molecule has 0 spiro atoms. The van der Waals surface area contributed by atoms with Gasteiger partial charge in [0.25, 0.3) is 0 Å². The summed E-state index contributed by atoms with van der Waals surface area (Å²) in [6, 6.07) is 21.2. The molecular weight excluding hydrogens is 836 g/mol. The van der Waals surface area contributed by atoms with Crippen molar-refractivity contribution in [2.24, 2.45) is 0 Å². The summed E-state index contributed by atoms with van der Waals surface area (Å²) in [5.74, 6) is 0. The molecule has 0 amide bonds. The van der Waals surface area contributed by atoms with Gasteiger partial charge in [0.05, 0.1) is 0 Å². The van der Waals surface area contributed by atoms with Crippen molar-refractivity contribution in [1.82, 2.24) is 36.1 Å². The molecule has 1 unspecified atom stereocenters. The highest BCUT2D eigenvalue weighted by Gasteiger charge is 2.20. The van der Waals surface area contributed by atoms with Gasteiger partial charge in [0.2, 0.25) is 0 Å². The summed E-state index contributed by atoms with van der Waals surface area (Å²) in [6.45, 7) is 4.79. The first kappa shape index (κ1) is 69.8. The van der Waals surface area contributed by atoms with Crippen molar-refractivity contribution in [2.45, 2.75) is 28.3 Å². The monoisotopic (exact) mass is 884 g/mol. The lowest BCUT2D eigenvalue weighted by Crippen LogP contribution is -1.80. The van der Waals surface area contributed by atoms with E-state index in [1.807, 2.05) is 42.5 Å². The van der Waals surface area contributed by atoms with Gasteiger partial charge in [-0.25, -0.2) is 0 Å². The van der Waals surface area contributed by atoms with Gasteiger partial charge in [0.1, 0.15) is 0 Å². The van der Waals surface area contributed by atoms with E-state index >= 15 is 0 Å². The van der Waals surface area contributed by atoms with Crippen LogP contribution in [0.25, 0.3) is 6.08 Å². The van der Waals surface area contributed by atoms with Gasteiger partial charge in [-0.05, 0) is 11.1 Å². The molecule has 1 aliphatic rings. The fourth-order valence-corrected chi connectivity index (χ4v) is 1.57. The fourth-order valence-electron chi connectivity index (χ4n) is 1.57. The third-order valence-electron chi connectivity index (χ3n) is 2.65. The summed E-state index contributed by atoms with van der Waals surface area (Å²) in [7, 11) is 0. The van der Waals surface area contributed by atoms with Gasteiger partial charge in [0.15, 0.2) is 0 Å². The molecule has 7 nitrogen and oxygen atoms in total. The average molecular weight is 884 g/mol. The second-order valence-electron chi connectivity index (χ2n) is 3.99. The molecule has 3 rings (SSSR count). The van der Waals surface area contributed by atoms with Crippen molar-refractivity contribution in [3.8, 4) is 0 Å². The minimum Gasteiger partial charge on any atom is -0.412 e. The van der Waals surface area contributed by atoms with Crippen LogP contribution in [-0.4, -0.2) is 12.0 Å². The van der Waals surface area contributed by atoms with Crippen molar-refractivity contribution < 1.29 is 5.48 Å². The predicted molar refractivity (Wildman–Crippen MR) is 182 cm³/mol. The molecule has 2 aromatic carbocycles. The molecular formula is C19H48I4N6O. The van der Waals surface area contributed by atoms with E-state index in [4.69, 9.17) is 0 Å². The summed E-state index contributed by atoms with van der Waals surface area (Å²) in [4.78, 5) is 0. The standard InChI is InChI=1S/C8H9N.C8H8.3CH4.I2.2HI.5H3N.H2O/c1-2-4-7(5-3-1)8-6-9-8;1-2-8-6-4-3-5-7-8;;;;1-2;;;;;;;;/h1-5,8-9H,6H2;2-7H,1H2;3*1H4;;2*1H;5*1H3;1H2. The number of hydrogen-bond donors (Lipinski definition) is 6. The Kier molecular flexibility index (Phi) is 111. The van der Waals surface area contributed by atoms with E-state index in [0.717, 1.165) is 6.54 Å². The van der Waals surface area contributed by atoms with Crippen LogP contribution in [0.1, 0.15) is 39.4 Å². The van der Waals surface area contributed by atoms with Crippen molar-refractivity contribution in [1.29, 1.82) is 0 Å². The van der Waals surface area contributed by atoms with Gasteiger partial charge in [-0.1, -0.05) is 95.6 Å². The highest BCUT2D eigenvalue weighted by molar-refractivity contribution is 15.0. The first-order valence-corrected chi connectivity index (χ1v) is 12.3. The van der Waals surface area contributed by atoms with E-state index < -0.39 is 0 Å². The number of nitrogens with one attached hydrogen (secondary N) is 1. The molecule has 0 aromatic heterocycles. The lowest BCUT2D eigenvalue weighted by atomic mass is 10.2. The quantitative estimate of drug-likeness (QED) is 0.128. The average Bonchev–Trinajstić information content (AvgIpc) is 3.36. The van der Waals surface area contributed by atoms with E-state index in [1.54, 1.807) is 0 Å². The van der Waals surface area contributed by atoms with E-state index in [1.165, 1.54) is 11.1 Å². The van der Waals surface area contributed by atoms with E-state index in [9.17, 15) is 0 Å². The Morgan fingerprint density at radius 3 is 1.27 bits per heavy atom. The van der Waals surface area contributed by atoms with Crippen LogP contribution < -0.4 is 36.1 Å². The maximum Gasteiger partial charge on any atom is 0.0447 e. The molecule has 0 aliphatic carbocycles. The zero-order valence-electron chi connectivity index (χ0n) is 15.5. The summed E-state index contributed by atoms with van der Waals surface area (Å²) in [6.07, 6.45) is 1.83. The van der Waals surface area contributed by atoms with Gasteiger partial charge in [-0.3, -0.25) is 0 Å².